The molecule has 0 amide bonds. The van der Waals surface area contributed by atoms with Gasteiger partial charge < -0.3 is 5.11 Å². The molecule has 0 fully saturated rings. The van der Waals surface area contributed by atoms with Crippen LogP contribution in [0.2, 0.25) is 0 Å². The minimum absolute atomic E-state index is 0.0314. The van der Waals surface area contributed by atoms with E-state index in [1.165, 1.54) is 30.2 Å². The molecule has 0 unspecified atom stereocenters. The van der Waals surface area contributed by atoms with Crippen molar-refractivity contribution in [1.29, 1.82) is 0 Å². The molecule has 0 saturated heterocycles. The summed E-state index contributed by atoms with van der Waals surface area (Å²) < 4.78 is 25.3. The van der Waals surface area contributed by atoms with E-state index < -0.39 is 10.0 Å². The monoisotopic (exact) mass is 275 g/mol. The van der Waals surface area contributed by atoms with E-state index in [9.17, 15) is 8.42 Å². The molecule has 0 bridgehead atoms. The maximum Gasteiger partial charge on any atom is 0.242 e. The lowest BCUT2D eigenvalue weighted by Gasteiger charge is -2.14. The van der Waals surface area contributed by atoms with E-state index in [1.807, 2.05) is 6.07 Å². The normalized spacial score (nSPS) is 12.1. The Hall–Kier alpha value is -0.560. The molecule has 96 valence electrons. The van der Waals surface area contributed by atoms with Crippen LogP contribution in [0.1, 0.15) is 11.1 Å². The fourth-order valence-electron chi connectivity index (χ4n) is 1.37. The highest BCUT2D eigenvalue weighted by atomic mass is 32.2. The molecule has 0 aliphatic rings. The van der Waals surface area contributed by atoms with E-state index in [0.717, 1.165) is 11.1 Å². The maximum atomic E-state index is 12.0. The van der Waals surface area contributed by atoms with Crippen molar-refractivity contribution < 1.29 is 13.5 Å². The Bertz CT molecular complexity index is 483. The predicted molar refractivity (Wildman–Crippen MR) is 70.4 cm³/mol. The molecule has 0 heterocycles. The minimum Gasteiger partial charge on any atom is -0.386 e. The van der Waals surface area contributed by atoms with Gasteiger partial charge in [0.1, 0.15) is 0 Å². The summed E-state index contributed by atoms with van der Waals surface area (Å²) in [5, 5.41) is 8.74. The van der Waals surface area contributed by atoms with Gasteiger partial charge in [-0.1, -0.05) is 12.1 Å². The van der Waals surface area contributed by atoms with Crippen molar-refractivity contribution in [3.63, 3.8) is 0 Å². The Morgan fingerprint density at radius 1 is 1.35 bits per heavy atom. The van der Waals surface area contributed by atoms with E-state index >= 15 is 0 Å². The second-order valence-electron chi connectivity index (χ2n) is 3.86. The van der Waals surface area contributed by atoms with Crippen LogP contribution in [0, 0.1) is 6.92 Å². The molecule has 6 heteroatoms. The van der Waals surface area contributed by atoms with E-state index in [2.05, 4.69) is 0 Å². The van der Waals surface area contributed by atoms with E-state index in [4.69, 9.17) is 5.11 Å². The Kier molecular flexibility index (Phi) is 5.00. The number of benzene rings is 1. The highest BCUT2D eigenvalue weighted by Gasteiger charge is 2.19. The zero-order valence-electron chi connectivity index (χ0n) is 10.2. The molecular weight excluding hydrogens is 258 g/mol. The van der Waals surface area contributed by atoms with Gasteiger partial charge in [-0.3, -0.25) is 0 Å². The van der Waals surface area contributed by atoms with Gasteiger partial charge in [0, 0.05) is 19.8 Å². The summed E-state index contributed by atoms with van der Waals surface area (Å²) >= 11 is 1.34. The first kappa shape index (κ1) is 14.5. The fraction of sp³-hybridized carbons (Fsp3) is 0.455. The molecule has 1 aromatic rings. The van der Waals surface area contributed by atoms with Crippen LogP contribution in [0.4, 0.5) is 0 Å². The van der Waals surface area contributed by atoms with Crippen LogP contribution in [0.5, 0.6) is 0 Å². The predicted octanol–water partition coefficient (Wildman–Crippen LogP) is 1.43. The molecule has 0 radical (unpaired) electrons. The molecule has 1 N–H and O–H groups in total. The van der Waals surface area contributed by atoms with E-state index in [1.54, 1.807) is 19.1 Å². The molecule has 4 nitrogen and oxygen atoms in total. The van der Waals surface area contributed by atoms with Crippen molar-refractivity contribution in [2.45, 2.75) is 17.6 Å². The number of thioether (sulfide) groups is 1. The number of nitrogens with zero attached hydrogens (tertiary/aromatic N) is 1. The largest absolute Gasteiger partial charge is 0.386 e. The van der Waals surface area contributed by atoms with Crippen LogP contribution >= 0.6 is 11.8 Å². The van der Waals surface area contributed by atoms with Crippen molar-refractivity contribution in [1.82, 2.24) is 4.31 Å². The van der Waals surface area contributed by atoms with Crippen LogP contribution in [-0.4, -0.2) is 37.9 Å². The first-order valence-corrected chi connectivity index (χ1v) is 7.69. The molecule has 1 rings (SSSR count). The third-order valence-corrected chi connectivity index (χ3v) is 5.05. The summed E-state index contributed by atoms with van der Waals surface area (Å²) in [4.78, 5) is 0.332. The van der Waals surface area contributed by atoms with Gasteiger partial charge in [-0.2, -0.15) is 0 Å². The zero-order chi connectivity index (χ0) is 13.1. The van der Waals surface area contributed by atoms with Crippen LogP contribution < -0.4 is 0 Å². The second-order valence-corrected chi connectivity index (χ2v) is 6.94. The smallest absolute Gasteiger partial charge is 0.242 e. The molecule has 0 aromatic heterocycles. The maximum absolute atomic E-state index is 12.0. The second kappa shape index (κ2) is 5.86. The van der Waals surface area contributed by atoms with Crippen molar-refractivity contribution in [2.24, 2.45) is 0 Å². The standard InChI is InChI=1S/C11H17NO3S2/c1-9-4-5-10(7-16-8-13)6-11(9)17(14,15)12(2)3/h4-6,13H,7-8H2,1-3H3. The summed E-state index contributed by atoms with van der Waals surface area (Å²) in [6.45, 7) is 1.78. The molecule has 17 heavy (non-hydrogen) atoms. The number of hydrogen-bond donors (Lipinski definition) is 1. The van der Waals surface area contributed by atoms with Gasteiger partial charge in [0.15, 0.2) is 0 Å². The Morgan fingerprint density at radius 3 is 2.53 bits per heavy atom. The van der Waals surface area contributed by atoms with Crippen LogP contribution in [0.15, 0.2) is 23.1 Å². The van der Waals surface area contributed by atoms with Gasteiger partial charge in [0.2, 0.25) is 10.0 Å². The average Bonchev–Trinajstić information content (AvgIpc) is 2.27. The van der Waals surface area contributed by atoms with Gasteiger partial charge in [-0.15, -0.1) is 11.8 Å². The van der Waals surface area contributed by atoms with Gasteiger partial charge in [0.05, 0.1) is 10.8 Å². The summed E-state index contributed by atoms with van der Waals surface area (Å²) in [7, 11) is -0.358. The van der Waals surface area contributed by atoms with Crippen molar-refractivity contribution in [3.05, 3.63) is 29.3 Å². The lowest BCUT2D eigenvalue weighted by atomic mass is 10.2. The van der Waals surface area contributed by atoms with Crippen LogP contribution in [0.25, 0.3) is 0 Å². The lowest BCUT2D eigenvalue weighted by molar-refractivity contribution is 0.375. The highest BCUT2D eigenvalue weighted by Crippen LogP contribution is 2.22. The van der Waals surface area contributed by atoms with E-state index in [-0.39, 0.29) is 5.94 Å². The number of hydrogen-bond acceptors (Lipinski definition) is 4. The number of aliphatic hydroxyl groups excluding tert-OH is 1. The highest BCUT2D eigenvalue weighted by molar-refractivity contribution is 7.98. The van der Waals surface area contributed by atoms with Crippen LogP contribution in [0.3, 0.4) is 0 Å². The Morgan fingerprint density at radius 2 is 2.00 bits per heavy atom. The number of sulfonamides is 1. The Labute approximate surface area is 107 Å². The third kappa shape index (κ3) is 3.45. The molecular formula is C11H17NO3S2. The van der Waals surface area contributed by atoms with Crippen molar-refractivity contribution >= 4 is 21.8 Å². The number of aliphatic hydroxyl groups is 1. The Balaban J connectivity index is 3.15. The summed E-state index contributed by atoms with van der Waals surface area (Å²) in [6.07, 6.45) is 0. The lowest BCUT2D eigenvalue weighted by Crippen LogP contribution is -2.23. The quantitative estimate of drug-likeness (QED) is 0.826. The topological polar surface area (TPSA) is 57.6 Å². The van der Waals surface area contributed by atoms with E-state index in [0.29, 0.717) is 10.6 Å². The summed E-state index contributed by atoms with van der Waals surface area (Å²) in [5.74, 6) is 0.635. The van der Waals surface area contributed by atoms with Gasteiger partial charge in [-0.25, -0.2) is 12.7 Å². The first-order valence-electron chi connectivity index (χ1n) is 5.10. The summed E-state index contributed by atoms with van der Waals surface area (Å²) in [6, 6.07) is 5.35. The SMILES string of the molecule is Cc1ccc(CSCO)cc1S(=O)(=O)N(C)C. The average molecular weight is 275 g/mol. The van der Waals surface area contributed by atoms with Crippen molar-refractivity contribution in [3.8, 4) is 0 Å². The molecule has 1 aromatic carbocycles. The van der Waals surface area contributed by atoms with Crippen LogP contribution in [-0.2, 0) is 15.8 Å². The molecule has 0 saturated carbocycles. The molecule has 0 spiro atoms. The summed E-state index contributed by atoms with van der Waals surface area (Å²) in [5.41, 5.74) is 1.63. The molecule has 0 aliphatic heterocycles. The zero-order valence-corrected chi connectivity index (χ0v) is 11.8. The first-order chi connectivity index (χ1) is 7.89. The third-order valence-electron chi connectivity index (χ3n) is 2.37. The molecule has 0 aliphatic carbocycles. The minimum atomic E-state index is -3.39. The fourth-order valence-corrected chi connectivity index (χ4v) is 3.05. The number of rotatable bonds is 5. The molecule has 0 atom stereocenters. The van der Waals surface area contributed by atoms with Gasteiger partial charge >= 0.3 is 0 Å². The van der Waals surface area contributed by atoms with Gasteiger partial charge in [0.25, 0.3) is 0 Å². The number of aryl methyl sites for hydroxylation is 1. The van der Waals surface area contributed by atoms with Crippen molar-refractivity contribution in [2.75, 3.05) is 20.0 Å². The van der Waals surface area contributed by atoms with Gasteiger partial charge in [-0.05, 0) is 24.1 Å².